The van der Waals surface area contributed by atoms with Gasteiger partial charge in [0.05, 0.1) is 18.2 Å². The molecule has 0 saturated carbocycles. The highest BCUT2D eigenvalue weighted by atomic mass is 16.6. The lowest BCUT2D eigenvalue weighted by atomic mass is 9.91. The molecular formula is C38H44N2O4. The summed E-state index contributed by atoms with van der Waals surface area (Å²) in [6.45, 7) is 9.31. The number of benzene rings is 4. The minimum absolute atomic E-state index is 0.383. The number of carbonyl (C=O) groups is 1. The summed E-state index contributed by atoms with van der Waals surface area (Å²) < 4.78 is 12.6. The van der Waals surface area contributed by atoms with Gasteiger partial charge in [0, 0.05) is 13.1 Å². The fourth-order valence-corrected chi connectivity index (χ4v) is 6.28. The molecule has 1 heterocycles. The Morgan fingerprint density at radius 1 is 0.773 bits per heavy atom. The molecule has 0 spiro atoms. The van der Waals surface area contributed by atoms with E-state index >= 15 is 0 Å². The van der Waals surface area contributed by atoms with Crippen molar-refractivity contribution in [2.75, 3.05) is 6.61 Å². The van der Waals surface area contributed by atoms with Gasteiger partial charge in [0.15, 0.2) is 0 Å². The number of aliphatic hydroxyl groups is 1. The molecule has 1 fully saturated rings. The molecule has 0 unspecified atom stereocenters. The molecular weight excluding hydrogens is 548 g/mol. The first-order valence-corrected chi connectivity index (χ1v) is 15.4. The quantitative estimate of drug-likeness (QED) is 0.197. The van der Waals surface area contributed by atoms with Crippen LogP contribution < -0.4 is 0 Å². The second kappa shape index (κ2) is 13.8. The number of aliphatic hydroxyl groups excluding tert-OH is 1. The van der Waals surface area contributed by atoms with E-state index in [-0.39, 0.29) is 6.04 Å². The van der Waals surface area contributed by atoms with Crippen molar-refractivity contribution in [1.82, 2.24) is 9.80 Å². The molecule has 0 bridgehead atoms. The van der Waals surface area contributed by atoms with Crippen LogP contribution in [0.1, 0.15) is 56.1 Å². The van der Waals surface area contributed by atoms with Gasteiger partial charge in [-0.15, -0.1) is 0 Å². The zero-order valence-corrected chi connectivity index (χ0v) is 26.2. The van der Waals surface area contributed by atoms with Crippen molar-refractivity contribution in [1.29, 1.82) is 0 Å². The van der Waals surface area contributed by atoms with E-state index in [0.29, 0.717) is 31.7 Å². The van der Waals surface area contributed by atoms with Gasteiger partial charge >= 0.3 is 6.09 Å². The molecule has 1 amide bonds. The van der Waals surface area contributed by atoms with Crippen LogP contribution in [0, 0.1) is 0 Å². The molecule has 5 rings (SSSR count). The van der Waals surface area contributed by atoms with E-state index in [2.05, 4.69) is 41.3 Å². The lowest BCUT2D eigenvalue weighted by molar-refractivity contribution is -0.0927. The van der Waals surface area contributed by atoms with Crippen LogP contribution >= 0.6 is 0 Å². The molecule has 6 nitrogen and oxygen atoms in total. The molecule has 3 atom stereocenters. The first kappa shape index (κ1) is 31.5. The predicted octanol–water partition coefficient (Wildman–Crippen LogP) is 7.39. The van der Waals surface area contributed by atoms with Crippen LogP contribution in [-0.2, 0) is 29.0 Å². The molecule has 4 aromatic rings. The highest BCUT2D eigenvalue weighted by molar-refractivity contribution is 5.70. The first-order chi connectivity index (χ1) is 21.1. The van der Waals surface area contributed by atoms with Crippen molar-refractivity contribution in [3.8, 4) is 0 Å². The van der Waals surface area contributed by atoms with Crippen LogP contribution in [0.5, 0.6) is 0 Å². The summed E-state index contributed by atoms with van der Waals surface area (Å²) in [5.41, 5.74) is 2.62. The summed E-state index contributed by atoms with van der Waals surface area (Å²) in [7, 11) is 0. The number of ether oxygens (including phenoxy) is 2. The molecule has 0 aliphatic carbocycles. The van der Waals surface area contributed by atoms with Gasteiger partial charge in [-0.25, -0.2) is 4.79 Å². The Balaban J connectivity index is 1.61. The maximum absolute atomic E-state index is 14.2. The Labute approximate surface area is 261 Å². The highest BCUT2D eigenvalue weighted by Gasteiger charge is 2.51. The summed E-state index contributed by atoms with van der Waals surface area (Å²) in [5.74, 6) is 0. The van der Waals surface area contributed by atoms with Gasteiger partial charge < -0.3 is 14.6 Å². The molecule has 44 heavy (non-hydrogen) atoms. The van der Waals surface area contributed by atoms with Crippen LogP contribution in [0.4, 0.5) is 4.79 Å². The van der Waals surface area contributed by atoms with Crippen molar-refractivity contribution in [2.24, 2.45) is 0 Å². The van der Waals surface area contributed by atoms with Crippen molar-refractivity contribution in [2.45, 2.75) is 76.7 Å². The number of hydrogen-bond donors (Lipinski definition) is 1. The molecule has 0 radical (unpaired) electrons. The molecule has 1 aliphatic rings. The minimum atomic E-state index is -1.07. The number of rotatable bonds is 11. The molecule has 4 aromatic carbocycles. The average Bonchev–Trinajstić information content (AvgIpc) is 3.26. The van der Waals surface area contributed by atoms with Crippen molar-refractivity contribution >= 4 is 6.09 Å². The molecule has 1 saturated heterocycles. The monoisotopic (exact) mass is 592 g/mol. The topological polar surface area (TPSA) is 62.2 Å². The average molecular weight is 593 g/mol. The third-order valence-corrected chi connectivity index (χ3v) is 8.39. The molecule has 1 aliphatic heterocycles. The van der Waals surface area contributed by atoms with E-state index in [1.165, 1.54) is 0 Å². The van der Waals surface area contributed by atoms with Crippen molar-refractivity contribution in [3.05, 3.63) is 144 Å². The van der Waals surface area contributed by atoms with Gasteiger partial charge in [0.25, 0.3) is 0 Å². The zero-order valence-electron chi connectivity index (χ0n) is 26.2. The normalized spacial score (nSPS) is 17.6. The number of nitrogens with zero attached hydrogens (tertiary/aromatic N) is 2. The second-order valence-electron chi connectivity index (χ2n) is 12.7. The number of amides is 1. The van der Waals surface area contributed by atoms with E-state index in [4.69, 9.17) is 9.47 Å². The lowest BCUT2D eigenvalue weighted by Crippen LogP contribution is -2.56. The Morgan fingerprint density at radius 3 is 1.68 bits per heavy atom. The van der Waals surface area contributed by atoms with Gasteiger partial charge in [-0.1, -0.05) is 121 Å². The third-order valence-electron chi connectivity index (χ3n) is 8.39. The summed E-state index contributed by atoms with van der Waals surface area (Å²) in [6, 6.07) is 39.9. The zero-order chi connectivity index (χ0) is 31.2. The maximum Gasteiger partial charge on any atom is 0.413 e. The maximum atomic E-state index is 14.2. The fraction of sp³-hybridized carbons (Fsp3) is 0.342. The standard InChI is InChI=1S/C38H44N2O4/c1-37(2)28-43-38(3,4)40(37)36(42)44-35(34(41)32-23-15-8-16-24-32)33(25-29-17-9-5-10-18-29)39(26-30-19-11-6-12-20-30)27-31-21-13-7-14-22-31/h5-24,33-35,41H,25-28H2,1-4H3/t33-,34+,35-/m0/s1. The van der Waals surface area contributed by atoms with Gasteiger partial charge in [0.2, 0.25) is 0 Å². The predicted molar refractivity (Wildman–Crippen MR) is 174 cm³/mol. The van der Waals surface area contributed by atoms with E-state index < -0.39 is 29.6 Å². The van der Waals surface area contributed by atoms with Crippen LogP contribution in [0.25, 0.3) is 0 Å². The highest BCUT2D eigenvalue weighted by Crippen LogP contribution is 2.37. The SMILES string of the molecule is CC1(C)COC(C)(C)N1C(=O)O[C@H]([C@H](O)c1ccccc1)[C@H](Cc1ccccc1)N(Cc1ccccc1)Cc1ccccc1. The molecule has 6 heteroatoms. The van der Waals surface area contributed by atoms with E-state index in [0.717, 1.165) is 16.7 Å². The van der Waals surface area contributed by atoms with E-state index in [1.54, 1.807) is 4.90 Å². The summed E-state index contributed by atoms with van der Waals surface area (Å²) in [4.78, 5) is 18.2. The Bertz CT molecular complexity index is 1400. The van der Waals surface area contributed by atoms with E-state index in [1.807, 2.05) is 113 Å². The summed E-state index contributed by atoms with van der Waals surface area (Å²) in [6.07, 6.45) is -1.91. The van der Waals surface area contributed by atoms with Crippen LogP contribution in [0.15, 0.2) is 121 Å². The van der Waals surface area contributed by atoms with Gasteiger partial charge in [-0.3, -0.25) is 9.80 Å². The second-order valence-corrected chi connectivity index (χ2v) is 12.7. The smallest absolute Gasteiger partial charge is 0.413 e. The summed E-state index contributed by atoms with van der Waals surface area (Å²) >= 11 is 0. The summed E-state index contributed by atoms with van der Waals surface area (Å²) in [5, 5.41) is 12.1. The van der Waals surface area contributed by atoms with Crippen molar-refractivity contribution in [3.63, 3.8) is 0 Å². The number of hydrogen-bond acceptors (Lipinski definition) is 5. The van der Waals surface area contributed by atoms with Crippen molar-refractivity contribution < 1.29 is 19.4 Å². The van der Waals surface area contributed by atoms with Crippen LogP contribution in [-0.4, -0.2) is 51.0 Å². The van der Waals surface area contributed by atoms with Gasteiger partial charge in [-0.05, 0) is 56.4 Å². The van der Waals surface area contributed by atoms with Crippen LogP contribution in [0.3, 0.4) is 0 Å². The first-order valence-electron chi connectivity index (χ1n) is 15.4. The Kier molecular flexibility index (Phi) is 9.84. The van der Waals surface area contributed by atoms with Gasteiger partial charge in [0.1, 0.15) is 17.9 Å². The van der Waals surface area contributed by atoms with E-state index in [9.17, 15) is 9.90 Å². The largest absolute Gasteiger partial charge is 0.441 e. The Morgan fingerprint density at radius 2 is 1.23 bits per heavy atom. The minimum Gasteiger partial charge on any atom is -0.441 e. The number of carbonyl (C=O) groups excluding carboxylic acids is 1. The Hall–Kier alpha value is -3.97. The third kappa shape index (κ3) is 7.56. The molecule has 230 valence electrons. The van der Waals surface area contributed by atoms with Crippen LogP contribution in [0.2, 0.25) is 0 Å². The molecule has 1 N–H and O–H groups in total. The molecule has 0 aromatic heterocycles. The fourth-order valence-electron chi connectivity index (χ4n) is 6.28. The van der Waals surface area contributed by atoms with Gasteiger partial charge in [-0.2, -0.15) is 0 Å². The lowest BCUT2D eigenvalue weighted by Gasteiger charge is -2.42.